The summed E-state index contributed by atoms with van der Waals surface area (Å²) in [5.74, 6) is 1.29. The number of carbonyl (C=O) groups excluding carboxylic acids is 2. The van der Waals surface area contributed by atoms with Crippen LogP contribution in [0.4, 0.5) is 0 Å². The van der Waals surface area contributed by atoms with Gasteiger partial charge in [0.05, 0.1) is 27.2 Å². The summed E-state index contributed by atoms with van der Waals surface area (Å²) in [6.45, 7) is 0.594. The van der Waals surface area contributed by atoms with Crippen LogP contribution in [0.5, 0.6) is 17.2 Å². The van der Waals surface area contributed by atoms with E-state index in [9.17, 15) is 9.59 Å². The molecule has 1 heterocycles. The van der Waals surface area contributed by atoms with E-state index in [4.69, 9.17) is 18.9 Å². The summed E-state index contributed by atoms with van der Waals surface area (Å²) in [5.41, 5.74) is 0.868. The van der Waals surface area contributed by atoms with Crippen LogP contribution in [0.2, 0.25) is 0 Å². The van der Waals surface area contributed by atoms with Crippen molar-refractivity contribution in [2.45, 2.75) is 108 Å². The summed E-state index contributed by atoms with van der Waals surface area (Å²) in [4.78, 5) is 29.7. The number of hydrogen-bond acceptors (Lipinski definition) is 6. The quantitative estimate of drug-likeness (QED) is 0.311. The molecule has 0 aromatic heterocycles. The van der Waals surface area contributed by atoms with E-state index >= 15 is 0 Å². The van der Waals surface area contributed by atoms with E-state index in [1.165, 1.54) is 19.3 Å². The minimum absolute atomic E-state index is 0.0156. The van der Waals surface area contributed by atoms with Gasteiger partial charge in [0.2, 0.25) is 11.7 Å². The lowest BCUT2D eigenvalue weighted by atomic mass is 9.75. The van der Waals surface area contributed by atoms with Gasteiger partial charge in [-0.15, -0.1) is 0 Å². The number of likely N-dealkylation sites (tertiary alicyclic amines) is 1. The molecule has 1 aromatic carbocycles. The molecule has 1 aromatic rings. The van der Waals surface area contributed by atoms with Gasteiger partial charge in [0.15, 0.2) is 11.5 Å². The van der Waals surface area contributed by atoms with Crippen LogP contribution in [-0.4, -0.2) is 56.8 Å². The van der Waals surface area contributed by atoms with Gasteiger partial charge in [-0.25, -0.2) is 4.79 Å². The third-order valence-electron chi connectivity index (χ3n) is 8.58. The largest absolute Gasteiger partial charge is 0.493 e. The minimum Gasteiger partial charge on any atom is -0.493 e. The van der Waals surface area contributed by atoms with Gasteiger partial charge in [-0.1, -0.05) is 32.1 Å². The molecule has 0 bridgehead atoms. The Hall–Kier alpha value is -2.44. The van der Waals surface area contributed by atoms with Gasteiger partial charge in [0.25, 0.3) is 0 Å². The van der Waals surface area contributed by atoms with Crippen LogP contribution in [0.15, 0.2) is 12.1 Å². The van der Waals surface area contributed by atoms with E-state index in [2.05, 4.69) is 0 Å². The van der Waals surface area contributed by atoms with Crippen molar-refractivity contribution >= 4 is 11.9 Å². The number of carbonyl (C=O) groups is 2. The summed E-state index contributed by atoms with van der Waals surface area (Å²) in [6.07, 6.45) is 14.4. The highest BCUT2D eigenvalue weighted by Crippen LogP contribution is 2.45. The first-order chi connectivity index (χ1) is 18.1. The molecule has 2 aliphatic carbocycles. The van der Waals surface area contributed by atoms with Gasteiger partial charge in [0.1, 0.15) is 12.1 Å². The van der Waals surface area contributed by atoms with Crippen molar-refractivity contribution in [3.05, 3.63) is 17.7 Å². The Morgan fingerprint density at radius 2 is 1.32 bits per heavy atom. The molecule has 206 valence electrons. The Morgan fingerprint density at radius 3 is 1.92 bits per heavy atom. The zero-order valence-corrected chi connectivity index (χ0v) is 23.0. The Kier molecular flexibility index (Phi) is 9.98. The molecule has 3 fully saturated rings. The number of esters is 1. The Bertz CT molecular complexity index is 878. The van der Waals surface area contributed by atoms with Gasteiger partial charge in [-0.3, -0.25) is 4.79 Å². The molecule has 0 N–H and O–H groups in total. The summed E-state index contributed by atoms with van der Waals surface area (Å²) in [7, 11) is 4.79. The number of benzene rings is 1. The molecular formula is C30H45NO6. The number of nitrogens with zero attached hydrogens (tertiary/aromatic N) is 1. The zero-order chi connectivity index (χ0) is 26.2. The Morgan fingerprint density at radius 1 is 0.757 bits per heavy atom. The third-order valence-corrected chi connectivity index (χ3v) is 8.58. The minimum atomic E-state index is -0.502. The Labute approximate surface area is 222 Å². The number of rotatable bonds is 8. The normalized spacial score (nSPS) is 22.6. The third kappa shape index (κ3) is 6.53. The standard InChI is InChI=1S/C30H45NO6/c1-34-25-19-22(20-26(35-2)28(25)36-3)27(21-13-7-6-8-14-21)29(32)31-18-12-11-17-24(31)30(33)37-23-15-9-4-5-10-16-23/h19-21,23-24,27H,4-18H2,1-3H3/t24-,27?/m0/s1. The molecular weight excluding hydrogens is 470 g/mol. The molecule has 1 unspecified atom stereocenters. The fraction of sp³-hybridized carbons (Fsp3) is 0.733. The van der Waals surface area contributed by atoms with E-state index in [-0.39, 0.29) is 29.8 Å². The van der Waals surface area contributed by atoms with Crippen LogP contribution in [0.3, 0.4) is 0 Å². The van der Waals surface area contributed by atoms with E-state index in [0.717, 1.165) is 69.8 Å². The number of hydrogen-bond donors (Lipinski definition) is 0. The average molecular weight is 516 g/mol. The molecule has 1 saturated heterocycles. The second-order valence-corrected chi connectivity index (χ2v) is 10.9. The maximum absolute atomic E-state index is 14.4. The van der Waals surface area contributed by atoms with Crippen molar-refractivity contribution in [3.8, 4) is 17.2 Å². The SMILES string of the molecule is COc1cc(C(C(=O)N2CCCC[C@H]2C(=O)OC2CCCCCC2)C2CCCCC2)cc(OC)c1OC. The maximum Gasteiger partial charge on any atom is 0.329 e. The van der Waals surface area contributed by atoms with Crippen molar-refractivity contribution in [2.75, 3.05) is 27.9 Å². The number of amides is 1. The molecule has 7 heteroatoms. The summed E-state index contributed by atoms with van der Waals surface area (Å²) >= 11 is 0. The summed E-state index contributed by atoms with van der Waals surface area (Å²) in [6, 6.07) is 3.33. The highest BCUT2D eigenvalue weighted by atomic mass is 16.5. The van der Waals surface area contributed by atoms with E-state index in [1.807, 2.05) is 17.0 Å². The van der Waals surface area contributed by atoms with E-state index < -0.39 is 6.04 Å². The summed E-state index contributed by atoms with van der Waals surface area (Å²) < 4.78 is 22.8. The van der Waals surface area contributed by atoms with Crippen LogP contribution in [0, 0.1) is 5.92 Å². The molecule has 1 aliphatic heterocycles. The predicted octanol–water partition coefficient (Wildman–Crippen LogP) is 6.02. The molecule has 0 spiro atoms. The molecule has 7 nitrogen and oxygen atoms in total. The van der Waals surface area contributed by atoms with Crippen molar-refractivity contribution in [1.29, 1.82) is 0 Å². The Balaban J connectivity index is 1.63. The second-order valence-electron chi connectivity index (χ2n) is 10.9. The lowest BCUT2D eigenvalue weighted by molar-refractivity contribution is -0.162. The van der Waals surface area contributed by atoms with Gasteiger partial charge >= 0.3 is 5.97 Å². The molecule has 4 rings (SSSR count). The smallest absolute Gasteiger partial charge is 0.329 e. The van der Waals surface area contributed by atoms with Crippen LogP contribution in [-0.2, 0) is 14.3 Å². The van der Waals surface area contributed by atoms with Crippen LogP contribution in [0.25, 0.3) is 0 Å². The first kappa shape index (κ1) is 27.6. The molecule has 1 amide bonds. The molecule has 2 atom stereocenters. The van der Waals surface area contributed by atoms with E-state index in [1.54, 1.807) is 21.3 Å². The topological polar surface area (TPSA) is 74.3 Å². The number of ether oxygens (including phenoxy) is 4. The maximum atomic E-state index is 14.4. The van der Waals surface area contributed by atoms with Crippen LogP contribution < -0.4 is 14.2 Å². The summed E-state index contributed by atoms with van der Waals surface area (Å²) in [5, 5.41) is 0. The van der Waals surface area contributed by atoms with Gasteiger partial charge in [-0.2, -0.15) is 0 Å². The fourth-order valence-corrected chi connectivity index (χ4v) is 6.59. The van der Waals surface area contributed by atoms with Crippen molar-refractivity contribution < 1.29 is 28.5 Å². The molecule has 3 aliphatic rings. The lowest BCUT2D eigenvalue weighted by Gasteiger charge is -2.39. The zero-order valence-electron chi connectivity index (χ0n) is 23.0. The van der Waals surface area contributed by atoms with Crippen molar-refractivity contribution in [2.24, 2.45) is 5.92 Å². The van der Waals surface area contributed by atoms with Crippen molar-refractivity contribution in [3.63, 3.8) is 0 Å². The fourth-order valence-electron chi connectivity index (χ4n) is 6.59. The van der Waals surface area contributed by atoms with Crippen LogP contribution in [0.1, 0.15) is 101 Å². The first-order valence-electron chi connectivity index (χ1n) is 14.4. The number of piperidine rings is 1. The highest BCUT2D eigenvalue weighted by molar-refractivity contribution is 5.89. The molecule has 0 radical (unpaired) electrons. The van der Waals surface area contributed by atoms with Gasteiger partial charge < -0.3 is 23.8 Å². The highest BCUT2D eigenvalue weighted by Gasteiger charge is 2.41. The van der Waals surface area contributed by atoms with Crippen LogP contribution >= 0.6 is 0 Å². The van der Waals surface area contributed by atoms with Gasteiger partial charge in [-0.05, 0) is 81.4 Å². The lowest BCUT2D eigenvalue weighted by Crippen LogP contribution is -2.51. The second kappa shape index (κ2) is 13.4. The number of methoxy groups -OCH3 is 3. The van der Waals surface area contributed by atoms with Crippen molar-refractivity contribution in [1.82, 2.24) is 4.90 Å². The molecule has 2 saturated carbocycles. The predicted molar refractivity (Wildman–Crippen MR) is 142 cm³/mol. The first-order valence-corrected chi connectivity index (χ1v) is 14.4. The van der Waals surface area contributed by atoms with E-state index in [0.29, 0.717) is 30.2 Å². The average Bonchev–Trinajstić information content (AvgIpc) is 3.21. The molecule has 37 heavy (non-hydrogen) atoms. The van der Waals surface area contributed by atoms with Gasteiger partial charge in [0, 0.05) is 6.54 Å². The monoisotopic (exact) mass is 515 g/mol.